The molecule has 1 rings (SSSR count). The van der Waals surface area contributed by atoms with Crippen LogP contribution in [0.25, 0.3) is 0 Å². The minimum Gasteiger partial charge on any atom is -0.461 e. The second kappa shape index (κ2) is 6.59. The van der Waals surface area contributed by atoms with Crippen LogP contribution in [0.1, 0.15) is 40.4 Å². The monoisotopic (exact) mass is 266 g/mol. The van der Waals surface area contributed by atoms with Gasteiger partial charge in [0.15, 0.2) is 5.78 Å². The van der Waals surface area contributed by atoms with Gasteiger partial charge < -0.3 is 4.74 Å². The highest BCUT2D eigenvalue weighted by Gasteiger charge is 2.10. The largest absolute Gasteiger partial charge is 0.461 e. The van der Waals surface area contributed by atoms with Gasteiger partial charge in [0.05, 0.1) is 6.42 Å². The van der Waals surface area contributed by atoms with E-state index in [0.717, 1.165) is 22.3 Å². The van der Waals surface area contributed by atoms with Crippen molar-refractivity contribution in [2.45, 2.75) is 33.8 Å². The zero-order chi connectivity index (χ0) is 13.7. The SMILES string of the molecule is CC(=O)c1c(C)cc(COC(=O)CCS)cc1C. The Balaban J connectivity index is 2.81. The van der Waals surface area contributed by atoms with Crippen molar-refractivity contribution in [1.29, 1.82) is 0 Å². The van der Waals surface area contributed by atoms with Crippen LogP contribution in [0.4, 0.5) is 0 Å². The van der Waals surface area contributed by atoms with E-state index in [4.69, 9.17) is 4.74 Å². The molecule has 0 aliphatic heterocycles. The highest BCUT2D eigenvalue weighted by molar-refractivity contribution is 7.80. The maximum atomic E-state index is 11.5. The van der Waals surface area contributed by atoms with Gasteiger partial charge in [-0.25, -0.2) is 0 Å². The Kier molecular flexibility index (Phi) is 5.41. The number of aryl methyl sites for hydroxylation is 2. The molecule has 0 saturated heterocycles. The molecule has 0 bridgehead atoms. The van der Waals surface area contributed by atoms with Crippen molar-refractivity contribution >= 4 is 24.4 Å². The van der Waals surface area contributed by atoms with Gasteiger partial charge in [-0.2, -0.15) is 12.6 Å². The third-order valence-corrected chi connectivity index (χ3v) is 2.88. The Bertz CT molecular complexity index is 443. The summed E-state index contributed by atoms with van der Waals surface area (Å²) in [6.07, 6.45) is 0.312. The first-order valence-electron chi connectivity index (χ1n) is 5.83. The van der Waals surface area contributed by atoms with Gasteiger partial charge in [0.2, 0.25) is 0 Å². The van der Waals surface area contributed by atoms with Crippen molar-refractivity contribution in [3.8, 4) is 0 Å². The van der Waals surface area contributed by atoms with Crippen LogP contribution in [0.5, 0.6) is 0 Å². The molecule has 1 aromatic carbocycles. The molecule has 0 aromatic heterocycles. The molecule has 0 saturated carbocycles. The lowest BCUT2D eigenvalue weighted by atomic mass is 9.97. The van der Waals surface area contributed by atoms with Crippen molar-refractivity contribution in [3.05, 3.63) is 34.4 Å². The third kappa shape index (κ3) is 3.88. The Morgan fingerprint density at radius 3 is 2.22 bits per heavy atom. The fraction of sp³-hybridized carbons (Fsp3) is 0.429. The average Bonchev–Trinajstić information content (AvgIpc) is 2.25. The first-order valence-corrected chi connectivity index (χ1v) is 6.46. The summed E-state index contributed by atoms with van der Waals surface area (Å²) in [7, 11) is 0. The van der Waals surface area contributed by atoms with Crippen LogP contribution in [0.15, 0.2) is 12.1 Å². The molecular formula is C14H18O3S. The van der Waals surface area contributed by atoms with Crippen LogP contribution >= 0.6 is 12.6 Å². The summed E-state index contributed by atoms with van der Waals surface area (Å²) in [5.41, 5.74) is 3.49. The molecule has 0 radical (unpaired) electrons. The maximum Gasteiger partial charge on any atom is 0.306 e. The van der Waals surface area contributed by atoms with E-state index >= 15 is 0 Å². The van der Waals surface area contributed by atoms with Gasteiger partial charge in [-0.05, 0) is 37.5 Å². The second-order valence-corrected chi connectivity index (χ2v) is 4.74. The Hall–Kier alpha value is -1.29. The maximum absolute atomic E-state index is 11.5. The Morgan fingerprint density at radius 1 is 1.22 bits per heavy atom. The zero-order valence-corrected chi connectivity index (χ0v) is 11.8. The highest BCUT2D eigenvalue weighted by Crippen LogP contribution is 2.18. The van der Waals surface area contributed by atoms with Crippen LogP contribution in [-0.4, -0.2) is 17.5 Å². The lowest BCUT2D eigenvalue weighted by Crippen LogP contribution is -2.07. The van der Waals surface area contributed by atoms with Crippen LogP contribution in [0.3, 0.4) is 0 Å². The van der Waals surface area contributed by atoms with E-state index in [0.29, 0.717) is 12.2 Å². The van der Waals surface area contributed by atoms with Crippen molar-refractivity contribution in [3.63, 3.8) is 0 Å². The molecule has 0 N–H and O–H groups in total. The summed E-state index contributed by atoms with van der Waals surface area (Å²) in [4.78, 5) is 22.7. The first-order chi connectivity index (χ1) is 8.45. The predicted molar refractivity (Wildman–Crippen MR) is 74.2 cm³/mol. The third-order valence-electron chi connectivity index (χ3n) is 2.66. The number of esters is 1. The fourth-order valence-corrected chi connectivity index (χ4v) is 2.20. The fourth-order valence-electron chi connectivity index (χ4n) is 2.02. The van der Waals surface area contributed by atoms with Crippen molar-refractivity contribution < 1.29 is 14.3 Å². The van der Waals surface area contributed by atoms with Gasteiger partial charge in [0.25, 0.3) is 0 Å². The van der Waals surface area contributed by atoms with Gasteiger partial charge in [0, 0.05) is 11.3 Å². The van der Waals surface area contributed by atoms with Gasteiger partial charge in [-0.1, -0.05) is 12.1 Å². The molecule has 0 amide bonds. The Morgan fingerprint density at radius 2 is 1.78 bits per heavy atom. The molecule has 0 aliphatic rings. The topological polar surface area (TPSA) is 43.4 Å². The lowest BCUT2D eigenvalue weighted by Gasteiger charge is -2.10. The molecular weight excluding hydrogens is 248 g/mol. The van der Waals surface area contributed by atoms with E-state index in [1.807, 2.05) is 26.0 Å². The number of ether oxygens (including phenoxy) is 1. The molecule has 0 atom stereocenters. The normalized spacial score (nSPS) is 10.2. The molecule has 4 heteroatoms. The van der Waals surface area contributed by atoms with Crippen molar-refractivity contribution in [1.82, 2.24) is 0 Å². The summed E-state index contributed by atoms with van der Waals surface area (Å²) >= 11 is 3.97. The van der Waals surface area contributed by atoms with E-state index in [1.54, 1.807) is 6.92 Å². The average molecular weight is 266 g/mol. The predicted octanol–water partition coefficient (Wildman–Crippen LogP) is 2.87. The van der Waals surface area contributed by atoms with Crippen LogP contribution < -0.4 is 0 Å². The van der Waals surface area contributed by atoms with E-state index in [1.165, 1.54) is 0 Å². The second-order valence-electron chi connectivity index (χ2n) is 4.30. The van der Waals surface area contributed by atoms with E-state index < -0.39 is 0 Å². The molecule has 3 nitrogen and oxygen atoms in total. The zero-order valence-electron chi connectivity index (χ0n) is 10.9. The molecule has 0 fully saturated rings. The molecule has 18 heavy (non-hydrogen) atoms. The number of Topliss-reactive ketones (excluding diaryl/α,β-unsaturated/α-hetero) is 1. The summed E-state index contributed by atoms with van der Waals surface area (Å²) in [5.74, 6) is 0.291. The molecule has 0 heterocycles. The van der Waals surface area contributed by atoms with Gasteiger partial charge in [-0.3, -0.25) is 9.59 Å². The quantitative estimate of drug-likeness (QED) is 0.506. The molecule has 0 spiro atoms. The molecule has 1 aromatic rings. The van der Waals surface area contributed by atoms with Crippen LogP contribution in [0, 0.1) is 13.8 Å². The molecule has 0 unspecified atom stereocenters. The van der Waals surface area contributed by atoms with Crippen molar-refractivity contribution in [2.75, 3.05) is 5.75 Å². The smallest absolute Gasteiger partial charge is 0.306 e. The molecule has 98 valence electrons. The number of thiol groups is 1. The van der Waals surface area contributed by atoms with Gasteiger partial charge in [-0.15, -0.1) is 0 Å². The summed E-state index contributed by atoms with van der Waals surface area (Å²) in [6.45, 7) is 5.58. The molecule has 0 aliphatic carbocycles. The van der Waals surface area contributed by atoms with Crippen LogP contribution in [-0.2, 0) is 16.1 Å². The lowest BCUT2D eigenvalue weighted by molar-refractivity contribution is -0.144. The first kappa shape index (κ1) is 14.8. The highest BCUT2D eigenvalue weighted by atomic mass is 32.1. The number of carbonyl (C=O) groups excluding carboxylic acids is 2. The minimum absolute atomic E-state index is 0.0589. The summed E-state index contributed by atoms with van der Waals surface area (Å²) < 4.78 is 5.11. The van der Waals surface area contributed by atoms with E-state index in [-0.39, 0.29) is 18.4 Å². The summed E-state index contributed by atoms with van der Waals surface area (Å²) in [6, 6.07) is 3.77. The number of hydrogen-bond acceptors (Lipinski definition) is 4. The standard InChI is InChI=1S/C14H18O3S/c1-9-6-12(8-17-13(16)4-5-18)7-10(2)14(9)11(3)15/h6-7,18H,4-5,8H2,1-3H3. The van der Waals surface area contributed by atoms with E-state index in [9.17, 15) is 9.59 Å². The minimum atomic E-state index is -0.254. The number of benzene rings is 1. The Labute approximate surface area is 113 Å². The number of ketones is 1. The number of carbonyl (C=O) groups is 2. The number of hydrogen-bond donors (Lipinski definition) is 1. The van der Waals surface area contributed by atoms with Gasteiger partial charge in [0.1, 0.15) is 6.61 Å². The summed E-state index contributed by atoms with van der Waals surface area (Å²) in [5, 5.41) is 0. The van der Waals surface area contributed by atoms with Crippen molar-refractivity contribution in [2.24, 2.45) is 0 Å². The van der Waals surface area contributed by atoms with E-state index in [2.05, 4.69) is 12.6 Å². The van der Waals surface area contributed by atoms with Gasteiger partial charge >= 0.3 is 5.97 Å². The number of rotatable bonds is 5. The van der Waals surface area contributed by atoms with Crippen LogP contribution in [0.2, 0.25) is 0 Å².